The Morgan fingerprint density at radius 3 is 2.12 bits per heavy atom. The fraction of sp³-hybridized carbons (Fsp3) is 0.733. The Morgan fingerprint density at radius 2 is 1.75 bits per heavy atom. The van der Waals surface area contributed by atoms with Crippen LogP contribution in [0.2, 0.25) is 0 Å². The van der Waals surface area contributed by atoms with E-state index in [4.69, 9.17) is 0 Å². The van der Waals surface area contributed by atoms with E-state index >= 15 is 0 Å². The molecule has 0 amide bonds. The predicted molar refractivity (Wildman–Crippen MR) is 72.5 cm³/mol. The fourth-order valence-electron chi connectivity index (χ4n) is 1.54. The average molecular weight is 224 g/mol. The number of aliphatic hydroxyl groups excluding tert-OH is 1. The Balaban J connectivity index is 4.86. The molecule has 1 nitrogen and oxygen atoms in total. The van der Waals surface area contributed by atoms with Crippen molar-refractivity contribution in [3.63, 3.8) is 0 Å². The molecule has 0 radical (unpaired) electrons. The molecule has 0 bridgehead atoms. The highest BCUT2D eigenvalue weighted by molar-refractivity contribution is 5.27. The van der Waals surface area contributed by atoms with E-state index in [1.807, 2.05) is 0 Å². The van der Waals surface area contributed by atoms with Gasteiger partial charge in [-0.1, -0.05) is 44.4 Å². The summed E-state index contributed by atoms with van der Waals surface area (Å²) in [6, 6.07) is 0. The maximum atomic E-state index is 10.2. The molecule has 1 N–H and O–H groups in total. The van der Waals surface area contributed by atoms with E-state index in [1.54, 1.807) is 0 Å². The van der Waals surface area contributed by atoms with Crippen LogP contribution in [0.3, 0.4) is 0 Å². The second-order valence-corrected chi connectivity index (χ2v) is 5.19. The lowest BCUT2D eigenvalue weighted by molar-refractivity contribution is 0.156. The molecular formula is C15H28O. The zero-order valence-electron chi connectivity index (χ0n) is 11.8. The van der Waals surface area contributed by atoms with Crippen molar-refractivity contribution in [1.82, 2.24) is 0 Å². The van der Waals surface area contributed by atoms with E-state index in [0.717, 1.165) is 12.8 Å². The highest BCUT2D eigenvalue weighted by atomic mass is 16.3. The summed E-state index contributed by atoms with van der Waals surface area (Å²) >= 11 is 0. The molecule has 0 aliphatic carbocycles. The minimum absolute atomic E-state index is 0.291. The van der Waals surface area contributed by atoms with Crippen LogP contribution in [0.25, 0.3) is 0 Å². The van der Waals surface area contributed by atoms with Crippen LogP contribution in [0.15, 0.2) is 22.8 Å². The van der Waals surface area contributed by atoms with Crippen molar-refractivity contribution in [2.45, 2.75) is 66.9 Å². The van der Waals surface area contributed by atoms with Crippen molar-refractivity contribution >= 4 is 0 Å². The highest BCUT2D eigenvalue weighted by Gasteiger charge is 2.14. The van der Waals surface area contributed by atoms with E-state index in [9.17, 15) is 5.11 Å². The van der Waals surface area contributed by atoms with Crippen LogP contribution < -0.4 is 0 Å². The SMILES string of the molecule is CCCC/C(=C\C(C)=C(C)C)[C@@H](O)C(C)C. The summed E-state index contributed by atoms with van der Waals surface area (Å²) in [4.78, 5) is 0. The van der Waals surface area contributed by atoms with Crippen LogP contribution in [0.1, 0.15) is 60.8 Å². The van der Waals surface area contributed by atoms with Gasteiger partial charge >= 0.3 is 0 Å². The molecule has 1 heteroatoms. The van der Waals surface area contributed by atoms with E-state index in [2.05, 4.69) is 47.6 Å². The Bertz CT molecular complexity index is 255. The quantitative estimate of drug-likeness (QED) is 0.660. The molecule has 0 aliphatic rings. The number of rotatable bonds is 6. The first kappa shape index (κ1) is 15.4. The smallest absolute Gasteiger partial charge is 0.0776 e. The summed E-state index contributed by atoms with van der Waals surface area (Å²) in [5.41, 5.74) is 3.80. The molecule has 0 heterocycles. The maximum Gasteiger partial charge on any atom is 0.0776 e. The zero-order valence-corrected chi connectivity index (χ0v) is 11.8. The topological polar surface area (TPSA) is 20.2 Å². The van der Waals surface area contributed by atoms with Crippen molar-refractivity contribution in [2.24, 2.45) is 5.92 Å². The standard InChI is InChI=1S/C15H28O/c1-7-8-9-14(15(16)12(4)5)10-13(6)11(2)3/h10,12,15-16H,7-9H2,1-6H3/b14-10+/t15-/m0/s1. The number of unbranched alkanes of at least 4 members (excludes halogenated alkanes) is 1. The summed E-state index contributed by atoms with van der Waals surface area (Å²) in [6.07, 6.45) is 5.23. The fourth-order valence-corrected chi connectivity index (χ4v) is 1.54. The van der Waals surface area contributed by atoms with Gasteiger partial charge in [-0.3, -0.25) is 0 Å². The zero-order chi connectivity index (χ0) is 12.7. The van der Waals surface area contributed by atoms with Gasteiger partial charge in [0.1, 0.15) is 0 Å². The van der Waals surface area contributed by atoms with Crippen molar-refractivity contribution in [3.05, 3.63) is 22.8 Å². The normalized spacial score (nSPS) is 14.1. The van der Waals surface area contributed by atoms with Gasteiger partial charge in [0.15, 0.2) is 0 Å². The Morgan fingerprint density at radius 1 is 1.19 bits per heavy atom. The average Bonchev–Trinajstić information content (AvgIpc) is 2.22. The molecule has 0 saturated heterocycles. The molecule has 0 unspecified atom stereocenters. The molecule has 0 aromatic heterocycles. The molecule has 0 aromatic carbocycles. The lowest BCUT2D eigenvalue weighted by atomic mass is 9.93. The molecular weight excluding hydrogens is 196 g/mol. The Hall–Kier alpha value is -0.560. The van der Waals surface area contributed by atoms with Gasteiger partial charge in [-0.2, -0.15) is 0 Å². The van der Waals surface area contributed by atoms with Crippen LogP contribution in [0.4, 0.5) is 0 Å². The summed E-state index contributed by atoms with van der Waals surface area (Å²) in [6.45, 7) is 12.7. The third-order valence-electron chi connectivity index (χ3n) is 3.02. The van der Waals surface area contributed by atoms with Crippen molar-refractivity contribution < 1.29 is 5.11 Å². The van der Waals surface area contributed by atoms with E-state index in [0.29, 0.717) is 5.92 Å². The van der Waals surface area contributed by atoms with Gasteiger partial charge in [0.05, 0.1) is 6.10 Å². The van der Waals surface area contributed by atoms with Gasteiger partial charge in [0, 0.05) is 0 Å². The molecule has 0 spiro atoms. The molecule has 16 heavy (non-hydrogen) atoms. The summed E-state index contributed by atoms with van der Waals surface area (Å²) in [5.74, 6) is 0.299. The Kier molecular flexibility index (Phi) is 7.40. The first-order valence-corrected chi connectivity index (χ1v) is 6.42. The van der Waals surface area contributed by atoms with E-state index in [1.165, 1.54) is 23.1 Å². The van der Waals surface area contributed by atoms with Crippen LogP contribution >= 0.6 is 0 Å². The van der Waals surface area contributed by atoms with Crippen LogP contribution in [0.5, 0.6) is 0 Å². The van der Waals surface area contributed by atoms with Gasteiger partial charge in [0.25, 0.3) is 0 Å². The summed E-state index contributed by atoms with van der Waals surface area (Å²) < 4.78 is 0. The van der Waals surface area contributed by atoms with Crippen LogP contribution in [0, 0.1) is 5.92 Å². The van der Waals surface area contributed by atoms with Gasteiger partial charge in [0.2, 0.25) is 0 Å². The first-order chi connectivity index (χ1) is 7.40. The largest absolute Gasteiger partial charge is 0.388 e. The monoisotopic (exact) mass is 224 g/mol. The van der Waals surface area contributed by atoms with Gasteiger partial charge in [-0.15, -0.1) is 0 Å². The molecule has 0 fully saturated rings. The first-order valence-electron chi connectivity index (χ1n) is 6.42. The number of allylic oxidation sites excluding steroid dienone is 3. The summed E-state index contributed by atoms with van der Waals surface area (Å²) in [7, 11) is 0. The van der Waals surface area contributed by atoms with Crippen molar-refractivity contribution in [2.75, 3.05) is 0 Å². The lowest BCUT2D eigenvalue weighted by Crippen LogP contribution is -2.18. The second-order valence-electron chi connectivity index (χ2n) is 5.19. The highest BCUT2D eigenvalue weighted by Crippen LogP contribution is 2.20. The van der Waals surface area contributed by atoms with E-state index in [-0.39, 0.29) is 6.10 Å². The number of hydrogen-bond acceptors (Lipinski definition) is 1. The minimum Gasteiger partial charge on any atom is -0.388 e. The minimum atomic E-state index is -0.291. The number of hydrogen-bond donors (Lipinski definition) is 1. The second kappa shape index (κ2) is 7.67. The third-order valence-corrected chi connectivity index (χ3v) is 3.02. The van der Waals surface area contributed by atoms with Crippen LogP contribution in [-0.2, 0) is 0 Å². The number of aliphatic hydroxyl groups is 1. The van der Waals surface area contributed by atoms with Crippen molar-refractivity contribution in [1.29, 1.82) is 0 Å². The van der Waals surface area contributed by atoms with Crippen LogP contribution in [-0.4, -0.2) is 11.2 Å². The molecule has 0 saturated carbocycles. The van der Waals surface area contributed by atoms with E-state index < -0.39 is 0 Å². The third kappa shape index (κ3) is 5.50. The van der Waals surface area contributed by atoms with Gasteiger partial charge < -0.3 is 5.11 Å². The predicted octanol–water partition coefficient (Wildman–Crippen LogP) is 4.48. The van der Waals surface area contributed by atoms with Gasteiger partial charge in [-0.25, -0.2) is 0 Å². The lowest BCUT2D eigenvalue weighted by Gasteiger charge is -2.19. The van der Waals surface area contributed by atoms with Gasteiger partial charge in [-0.05, 0) is 45.1 Å². The van der Waals surface area contributed by atoms with Crippen molar-refractivity contribution in [3.8, 4) is 0 Å². The summed E-state index contributed by atoms with van der Waals surface area (Å²) in [5, 5.41) is 10.2. The Labute approximate surface area is 101 Å². The maximum absolute atomic E-state index is 10.2. The molecule has 0 rings (SSSR count). The molecule has 94 valence electrons. The molecule has 0 aromatic rings. The molecule has 1 atom stereocenters. The molecule has 0 aliphatic heterocycles.